The predicted molar refractivity (Wildman–Crippen MR) is 163 cm³/mol. The van der Waals surface area contributed by atoms with Crippen LogP contribution in [-0.4, -0.2) is 84.1 Å². The molecule has 234 valence electrons. The molecular formula is C32H50N4O6. The lowest BCUT2D eigenvalue weighted by molar-refractivity contribution is -0.132. The van der Waals surface area contributed by atoms with Gasteiger partial charge in [0.2, 0.25) is 5.91 Å². The number of nitrogens with zero attached hydrogens (tertiary/aromatic N) is 3. The van der Waals surface area contributed by atoms with Gasteiger partial charge in [0.05, 0.1) is 18.3 Å². The molecule has 0 aliphatic carbocycles. The minimum Gasteiger partial charge on any atom is -0.476 e. The maximum absolute atomic E-state index is 14.2. The molecule has 0 unspecified atom stereocenters. The second kappa shape index (κ2) is 13.3. The van der Waals surface area contributed by atoms with Crippen molar-refractivity contribution in [2.24, 2.45) is 5.41 Å². The highest BCUT2D eigenvalue weighted by Crippen LogP contribution is 2.40. The molecule has 0 bridgehead atoms. The Bertz CT molecular complexity index is 1170. The maximum Gasteiger partial charge on any atom is 0.409 e. The molecule has 1 aromatic carbocycles. The van der Waals surface area contributed by atoms with Gasteiger partial charge in [-0.05, 0) is 77.0 Å². The summed E-state index contributed by atoms with van der Waals surface area (Å²) in [7, 11) is 0. The van der Waals surface area contributed by atoms with Crippen LogP contribution in [0.1, 0.15) is 97.0 Å². The summed E-state index contributed by atoms with van der Waals surface area (Å²) in [4.78, 5) is 57.4. The summed E-state index contributed by atoms with van der Waals surface area (Å²) in [5, 5.41) is 2.83. The third-order valence-corrected chi connectivity index (χ3v) is 7.85. The van der Waals surface area contributed by atoms with Gasteiger partial charge in [-0.15, -0.1) is 0 Å². The normalized spacial score (nSPS) is 18.3. The van der Waals surface area contributed by atoms with Crippen molar-refractivity contribution in [2.45, 2.75) is 106 Å². The average Bonchev–Trinajstić information content (AvgIpc) is 2.89. The summed E-state index contributed by atoms with van der Waals surface area (Å²) in [5.41, 5.74) is 0.712. The van der Waals surface area contributed by atoms with Gasteiger partial charge in [0.25, 0.3) is 11.8 Å². The van der Waals surface area contributed by atoms with E-state index in [0.717, 1.165) is 24.8 Å². The van der Waals surface area contributed by atoms with Crippen LogP contribution in [0.25, 0.3) is 0 Å². The molecular weight excluding hydrogens is 536 g/mol. The molecule has 0 radical (unpaired) electrons. The fourth-order valence-corrected chi connectivity index (χ4v) is 5.44. The number of rotatable bonds is 9. The van der Waals surface area contributed by atoms with Crippen molar-refractivity contribution in [1.29, 1.82) is 0 Å². The molecule has 10 heteroatoms. The maximum atomic E-state index is 14.2. The van der Waals surface area contributed by atoms with Crippen molar-refractivity contribution in [2.75, 3.05) is 37.7 Å². The number of amides is 4. The highest BCUT2D eigenvalue weighted by atomic mass is 16.6. The SMILES string of the molecule is CCC(=O)NCCN1C(=O)C(C)(C)Oc2cc(C)c(C(=O)N(C(C)C)[C@@H]3CCCN(C(=O)OCCC(C)(C)C)C3)cc21. The molecule has 2 aliphatic rings. The average molecular weight is 587 g/mol. The minimum absolute atomic E-state index is 0.0722. The number of carbonyl (C=O) groups excluding carboxylic acids is 4. The van der Waals surface area contributed by atoms with Crippen LogP contribution < -0.4 is 15.0 Å². The molecule has 1 atom stereocenters. The highest BCUT2D eigenvalue weighted by molar-refractivity contribution is 6.05. The van der Waals surface area contributed by atoms with E-state index in [2.05, 4.69) is 26.1 Å². The zero-order chi connectivity index (χ0) is 31.4. The van der Waals surface area contributed by atoms with Crippen LogP contribution in [0.5, 0.6) is 5.75 Å². The van der Waals surface area contributed by atoms with E-state index in [-0.39, 0.29) is 54.4 Å². The van der Waals surface area contributed by atoms with E-state index in [0.29, 0.717) is 43.1 Å². The molecule has 0 aromatic heterocycles. The molecule has 0 saturated carbocycles. The molecule has 1 fully saturated rings. The number of hydrogen-bond donors (Lipinski definition) is 1. The van der Waals surface area contributed by atoms with Gasteiger partial charge in [0.1, 0.15) is 5.75 Å². The van der Waals surface area contributed by atoms with Crippen LogP contribution in [0.3, 0.4) is 0 Å². The van der Waals surface area contributed by atoms with Crippen molar-refractivity contribution in [3.8, 4) is 5.75 Å². The molecule has 3 rings (SSSR count). The van der Waals surface area contributed by atoms with Gasteiger partial charge in [-0.25, -0.2) is 4.79 Å². The Balaban J connectivity index is 1.86. The summed E-state index contributed by atoms with van der Waals surface area (Å²) in [6.07, 6.45) is 2.34. The molecule has 1 saturated heterocycles. The van der Waals surface area contributed by atoms with E-state index < -0.39 is 5.60 Å². The molecule has 4 amide bonds. The van der Waals surface area contributed by atoms with Crippen LogP contribution in [0.15, 0.2) is 12.1 Å². The number of ether oxygens (including phenoxy) is 2. The standard InChI is InChI=1S/C32H50N4O6/c1-10-27(37)33-14-16-35-25-19-24(22(4)18-26(25)42-32(8,9)29(35)39)28(38)36(21(2)3)23-12-11-15-34(20-23)30(40)41-17-13-31(5,6)7/h18-19,21,23H,10-17,20H2,1-9H3,(H,33,37)/t23-/m1/s1. The zero-order valence-electron chi connectivity index (χ0n) is 27.0. The van der Waals surface area contributed by atoms with Gasteiger partial charge in [-0.2, -0.15) is 0 Å². The first kappa shape index (κ1) is 33.2. The lowest BCUT2D eigenvalue weighted by atomic mass is 9.93. The summed E-state index contributed by atoms with van der Waals surface area (Å²) in [6, 6.07) is 3.26. The van der Waals surface area contributed by atoms with Gasteiger partial charge in [-0.1, -0.05) is 27.7 Å². The van der Waals surface area contributed by atoms with E-state index in [1.807, 2.05) is 31.7 Å². The van der Waals surface area contributed by atoms with Crippen LogP contribution in [0.2, 0.25) is 0 Å². The number of nitrogens with one attached hydrogen (secondary N) is 1. The van der Waals surface area contributed by atoms with E-state index in [1.165, 1.54) is 0 Å². The Labute approximate surface area is 251 Å². The van der Waals surface area contributed by atoms with Gasteiger partial charge in [0.15, 0.2) is 5.60 Å². The summed E-state index contributed by atoms with van der Waals surface area (Å²) in [5.74, 6) is 0.0296. The number of aryl methyl sites for hydroxylation is 1. The number of hydrogen-bond acceptors (Lipinski definition) is 6. The van der Waals surface area contributed by atoms with Crippen molar-refractivity contribution in [3.05, 3.63) is 23.3 Å². The van der Waals surface area contributed by atoms with Crippen molar-refractivity contribution in [1.82, 2.24) is 15.1 Å². The Morgan fingerprint density at radius 1 is 1.21 bits per heavy atom. The third-order valence-electron chi connectivity index (χ3n) is 7.85. The van der Waals surface area contributed by atoms with Gasteiger partial charge < -0.3 is 29.5 Å². The van der Waals surface area contributed by atoms with E-state index in [1.54, 1.807) is 36.6 Å². The lowest BCUT2D eigenvalue weighted by Crippen LogP contribution is -2.55. The van der Waals surface area contributed by atoms with Crippen LogP contribution in [-0.2, 0) is 14.3 Å². The van der Waals surface area contributed by atoms with E-state index in [9.17, 15) is 19.2 Å². The summed E-state index contributed by atoms with van der Waals surface area (Å²) >= 11 is 0. The first-order valence-electron chi connectivity index (χ1n) is 15.2. The molecule has 1 N–H and O–H groups in total. The molecule has 2 heterocycles. The smallest absolute Gasteiger partial charge is 0.409 e. The molecule has 10 nitrogen and oxygen atoms in total. The monoisotopic (exact) mass is 586 g/mol. The Hall–Kier alpha value is -3.30. The van der Waals surface area contributed by atoms with Gasteiger partial charge >= 0.3 is 6.09 Å². The number of piperidine rings is 1. The van der Waals surface area contributed by atoms with Gasteiger partial charge in [-0.3, -0.25) is 14.4 Å². The number of anilines is 1. The number of likely N-dealkylation sites (tertiary alicyclic amines) is 1. The summed E-state index contributed by atoms with van der Waals surface area (Å²) in [6.45, 7) is 19.3. The van der Waals surface area contributed by atoms with Crippen molar-refractivity contribution in [3.63, 3.8) is 0 Å². The zero-order valence-corrected chi connectivity index (χ0v) is 27.0. The Kier molecular flexibility index (Phi) is 10.5. The fourth-order valence-electron chi connectivity index (χ4n) is 5.44. The van der Waals surface area contributed by atoms with Crippen LogP contribution in [0, 0.1) is 12.3 Å². The summed E-state index contributed by atoms with van der Waals surface area (Å²) < 4.78 is 11.7. The minimum atomic E-state index is -1.09. The number of benzene rings is 1. The lowest BCUT2D eigenvalue weighted by Gasteiger charge is -2.42. The Morgan fingerprint density at radius 3 is 2.52 bits per heavy atom. The topological polar surface area (TPSA) is 108 Å². The van der Waals surface area contributed by atoms with E-state index >= 15 is 0 Å². The van der Waals surface area contributed by atoms with Crippen LogP contribution >= 0.6 is 0 Å². The molecule has 1 aromatic rings. The van der Waals surface area contributed by atoms with Crippen LogP contribution in [0.4, 0.5) is 10.5 Å². The second-order valence-electron chi connectivity index (χ2n) is 13.4. The first-order valence-corrected chi connectivity index (χ1v) is 15.2. The third kappa shape index (κ3) is 7.95. The first-order chi connectivity index (χ1) is 19.6. The number of fused-ring (bicyclic) bond motifs is 1. The van der Waals surface area contributed by atoms with Gasteiger partial charge in [0, 0.05) is 44.2 Å². The number of carbonyl (C=O) groups is 4. The van der Waals surface area contributed by atoms with Crippen molar-refractivity contribution < 1.29 is 28.7 Å². The largest absolute Gasteiger partial charge is 0.476 e. The molecule has 0 spiro atoms. The van der Waals surface area contributed by atoms with Crippen molar-refractivity contribution >= 4 is 29.5 Å². The second-order valence-corrected chi connectivity index (χ2v) is 13.4. The highest BCUT2D eigenvalue weighted by Gasteiger charge is 2.42. The Morgan fingerprint density at radius 2 is 1.90 bits per heavy atom. The van der Waals surface area contributed by atoms with E-state index in [4.69, 9.17) is 9.47 Å². The fraction of sp³-hybridized carbons (Fsp3) is 0.688. The quantitative estimate of drug-likeness (QED) is 0.440. The molecule has 42 heavy (non-hydrogen) atoms. The molecule has 2 aliphatic heterocycles. The predicted octanol–water partition coefficient (Wildman–Crippen LogP) is 4.91.